The van der Waals surface area contributed by atoms with Crippen molar-refractivity contribution in [2.24, 2.45) is 0 Å². The first-order chi connectivity index (χ1) is 19.3. The highest BCUT2D eigenvalue weighted by Gasteiger charge is 2.41. The number of hydrogen-bond acceptors (Lipinski definition) is 8. The van der Waals surface area contributed by atoms with Gasteiger partial charge < -0.3 is 34.4 Å². The standard InChI is InChI=1S/C29H44N4O7/c1-21(34)33(14-5-13-31-12-3-7-28(31)36)22-16-27(29(37)30-17-26-6-4-15-39-26)32(18-22)19-23(35)20-40-25-10-8-24(38-2)9-11-25/h8-11,22-23,26-27,35H,3-7,12-20H2,1-2H3,(H,30,37). The van der Waals surface area contributed by atoms with Crippen molar-refractivity contribution in [3.8, 4) is 11.5 Å². The monoisotopic (exact) mass is 560 g/mol. The Labute approximate surface area is 236 Å². The summed E-state index contributed by atoms with van der Waals surface area (Å²) in [6.45, 7) is 5.42. The molecule has 3 aliphatic heterocycles. The van der Waals surface area contributed by atoms with Crippen molar-refractivity contribution < 1.29 is 33.7 Å². The van der Waals surface area contributed by atoms with Gasteiger partial charge in [-0.1, -0.05) is 0 Å². The number of hydrogen-bond donors (Lipinski definition) is 2. The predicted molar refractivity (Wildman–Crippen MR) is 148 cm³/mol. The third kappa shape index (κ3) is 8.31. The number of likely N-dealkylation sites (tertiary alicyclic amines) is 2. The molecule has 11 nitrogen and oxygen atoms in total. The van der Waals surface area contributed by atoms with Crippen LogP contribution in [-0.2, 0) is 19.1 Å². The number of ether oxygens (including phenoxy) is 3. The lowest BCUT2D eigenvalue weighted by atomic mass is 10.1. The van der Waals surface area contributed by atoms with E-state index in [-0.39, 0.29) is 43.0 Å². The van der Waals surface area contributed by atoms with Gasteiger partial charge in [0, 0.05) is 65.3 Å². The number of benzene rings is 1. The number of aliphatic hydroxyl groups is 1. The van der Waals surface area contributed by atoms with E-state index in [1.807, 2.05) is 14.7 Å². The summed E-state index contributed by atoms with van der Waals surface area (Å²) in [7, 11) is 1.60. The quantitative estimate of drug-likeness (QED) is 0.346. The SMILES string of the molecule is COc1ccc(OCC(O)CN2CC(N(CCCN3CCCC3=O)C(C)=O)CC2C(=O)NCC2CCCO2)cc1. The summed E-state index contributed by atoms with van der Waals surface area (Å²) < 4.78 is 16.6. The first-order valence-electron chi connectivity index (χ1n) is 14.5. The highest BCUT2D eigenvalue weighted by Crippen LogP contribution is 2.25. The van der Waals surface area contributed by atoms with Crippen LogP contribution in [0.4, 0.5) is 0 Å². The zero-order valence-electron chi connectivity index (χ0n) is 23.8. The fraction of sp³-hybridized carbons (Fsp3) is 0.690. The Bertz CT molecular complexity index is 985. The number of methoxy groups -OCH3 is 1. The molecule has 0 radical (unpaired) electrons. The van der Waals surface area contributed by atoms with Gasteiger partial charge in [0.2, 0.25) is 17.7 Å². The second kappa shape index (κ2) is 14.7. The Morgan fingerprint density at radius 1 is 1.23 bits per heavy atom. The van der Waals surface area contributed by atoms with E-state index >= 15 is 0 Å². The molecule has 1 aromatic rings. The molecule has 4 rings (SSSR count). The van der Waals surface area contributed by atoms with Gasteiger partial charge in [-0.2, -0.15) is 0 Å². The number of rotatable bonds is 14. The Morgan fingerprint density at radius 2 is 2.00 bits per heavy atom. The summed E-state index contributed by atoms with van der Waals surface area (Å²) in [6.07, 6.45) is 3.77. The lowest BCUT2D eigenvalue weighted by Crippen LogP contribution is -2.48. The van der Waals surface area contributed by atoms with E-state index in [1.165, 1.54) is 0 Å². The minimum Gasteiger partial charge on any atom is -0.497 e. The second-order valence-electron chi connectivity index (χ2n) is 10.9. The van der Waals surface area contributed by atoms with E-state index in [0.717, 1.165) is 38.2 Å². The molecule has 40 heavy (non-hydrogen) atoms. The number of aliphatic hydroxyl groups excluding tert-OH is 1. The van der Waals surface area contributed by atoms with Gasteiger partial charge in [0.25, 0.3) is 0 Å². The average molecular weight is 561 g/mol. The van der Waals surface area contributed by atoms with Crippen molar-refractivity contribution in [3.63, 3.8) is 0 Å². The molecule has 3 fully saturated rings. The summed E-state index contributed by atoms with van der Waals surface area (Å²) in [5, 5.41) is 13.9. The third-order valence-electron chi connectivity index (χ3n) is 8.00. The van der Waals surface area contributed by atoms with E-state index in [1.54, 1.807) is 38.3 Å². The van der Waals surface area contributed by atoms with Crippen LogP contribution in [0.5, 0.6) is 11.5 Å². The van der Waals surface area contributed by atoms with Crippen molar-refractivity contribution >= 4 is 17.7 Å². The molecule has 0 aliphatic carbocycles. The Balaban J connectivity index is 1.35. The summed E-state index contributed by atoms with van der Waals surface area (Å²) in [5.74, 6) is 1.34. The van der Waals surface area contributed by atoms with Crippen molar-refractivity contribution in [1.82, 2.24) is 20.0 Å². The third-order valence-corrected chi connectivity index (χ3v) is 8.00. The van der Waals surface area contributed by atoms with Crippen LogP contribution in [-0.4, -0.2) is 121 Å². The molecule has 3 aliphatic rings. The number of β-amino-alcohol motifs (C(OH)–C–C–N with tert-alkyl or cyclic N) is 1. The van der Waals surface area contributed by atoms with Gasteiger partial charge in [-0.3, -0.25) is 19.3 Å². The summed E-state index contributed by atoms with van der Waals surface area (Å²) >= 11 is 0. The van der Waals surface area contributed by atoms with Gasteiger partial charge in [0.1, 0.15) is 24.2 Å². The Hall–Kier alpha value is -2.89. The molecule has 3 heterocycles. The Kier molecular flexibility index (Phi) is 11.0. The van der Waals surface area contributed by atoms with Crippen molar-refractivity contribution in [3.05, 3.63) is 24.3 Å². The van der Waals surface area contributed by atoms with Gasteiger partial charge >= 0.3 is 0 Å². The largest absolute Gasteiger partial charge is 0.497 e. The molecule has 1 aromatic carbocycles. The minimum absolute atomic E-state index is 0.0279. The Morgan fingerprint density at radius 3 is 2.65 bits per heavy atom. The molecule has 0 aromatic heterocycles. The van der Waals surface area contributed by atoms with Crippen LogP contribution >= 0.6 is 0 Å². The van der Waals surface area contributed by atoms with Crippen LogP contribution in [0.15, 0.2) is 24.3 Å². The van der Waals surface area contributed by atoms with Crippen LogP contribution in [0.2, 0.25) is 0 Å². The number of nitrogens with one attached hydrogen (secondary N) is 1. The van der Waals surface area contributed by atoms with Crippen molar-refractivity contribution in [1.29, 1.82) is 0 Å². The maximum absolute atomic E-state index is 13.3. The highest BCUT2D eigenvalue weighted by atomic mass is 16.5. The zero-order valence-corrected chi connectivity index (χ0v) is 23.8. The fourth-order valence-electron chi connectivity index (χ4n) is 5.87. The van der Waals surface area contributed by atoms with Crippen LogP contribution in [0.3, 0.4) is 0 Å². The molecule has 4 unspecified atom stereocenters. The normalized spacial score (nSPS) is 23.8. The smallest absolute Gasteiger partial charge is 0.237 e. The number of carbonyl (C=O) groups excluding carboxylic acids is 3. The van der Waals surface area contributed by atoms with Crippen molar-refractivity contribution in [2.75, 3.05) is 59.6 Å². The minimum atomic E-state index is -0.832. The molecule has 11 heteroatoms. The van der Waals surface area contributed by atoms with Crippen LogP contribution in [0, 0.1) is 0 Å². The lowest BCUT2D eigenvalue weighted by Gasteiger charge is -2.29. The molecule has 3 saturated heterocycles. The van der Waals surface area contributed by atoms with Crippen molar-refractivity contribution in [2.45, 2.75) is 69.7 Å². The maximum Gasteiger partial charge on any atom is 0.237 e. The second-order valence-corrected chi connectivity index (χ2v) is 10.9. The van der Waals surface area contributed by atoms with E-state index in [9.17, 15) is 19.5 Å². The van der Waals surface area contributed by atoms with Gasteiger partial charge in [-0.25, -0.2) is 0 Å². The van der Waals surface area contributed by atoms with E-state index < -0.39 is 12.1 Å². The maximum atomic E-state index is 13.3. The average Bonchev–Trinajstić information content (AvgIpc) is 3.71. The molecule has 222 valence electrons. The molecule has 3 amide bonds. The van der Waals surface area contributed by atoms with Gasteiger partial charge in [0.15, 0.2) is 0 Å². The molecular formula is C29H44N4O7. The molecule has 2 N–H and O–H groups in total. The highest BCUT2D eigenvalue weighted by molar-refractivity contribution is 5.82. The van der Waals surface area contributed by atoms with E-state index in [2.05, 4.69) is 5.32 Å². The van der Waals surface area contributed by atoms with Crippen LogP contribution in [0.25, 0.3) is 0 Å². The lowest BCUT2D eigenvalue weighted by molar-refractivity contribution is -0.131. The van der Waals surface area contributed by atoms with E-state index in [0.29, 0.717) is 51.2 Å². The number of nitrogens with zero attached hydrogens (tertiary/aromatic N) is 3. The molecule has 4 atom stereocenters. The predicted octanol–water partition coefficient (Wildman–Crippen LogP) is 1.03. The summed E-state index contributed by atoms with van der Waals surface area (Å²) in [6, 6.07) is 6.48. The van der Waals surface area contributed by atoms with Gasteiger partial charge in [0.05, 0.1) is 19.3 Å². The molecule has 0 spiro atoms. The van der Waals surface area contributed by atoms with Gasteiger partial charge in [-0.15, -0.1) is 0 Å². The fourth-order valence-corrected chi connectivity index (χ4v) is 5.87. The topological polar surface area (TPSA) is 121 Å². The zero-order chi connectivity index (χ0) is 28.5. The first kappa shape index (κ1) is 30.1. The molecule has 0 bridgehead atoms. The first-order valence-corrected chi connectivity index (χ1v) is 14.5. The van der Waals surface area contributed by atoms with Crippen LogP contribution in [0.1, 0.15) is 45.4 Å². The molecule has 0 saturated carbocycles. The summed E-state index contributed by atoms with van der Waals surface area (Å²) in [4.78, 5) is 43.6. The van der Waals surface area contributed by atoms with Gasteiger partial charge in [-0.05, 0) is 56.4 Å². The number of carbonyl (C=O) groups is 3. The van der Waals surface area contributed by atoms with Crippen LogP contribution < -0.4 is 14.8 Å². The number of amides is 3. The van der Waals surface area contributed by atoms with E-state index in [4.69, 9.17) is 14.2 Å². The summed E-state index contributed by atoms with van der Waals surface area (Å²) in [5.41, 5.74) is 0. The molecular weight excluding hydrogens is 516 g/mol.